The van der Waals surface area contributed by atoms with Crippen molar-refractivity contribution in [2.24, 2.45) is 11.7 Å². The third-order valence-electron chi connectivity index (χ3n) is 4.55. The highest BCUT2D eigenvalue weighted by atomic mass is 19.4. The van der Waals surface area contributed by atoms with Crippen molar-refractivity contribution >= 4 is 0 Å². The second-order valence-corrected chi connectivity index (χ2v) is 6.32. The van der Waals surface area contributed by atoms with Gasteiger partial charge in [-0.05, 0) is 49.5 Å². The number of aromatic nitrogens is 2. The minimum absolute atomic E-state index is 0.514. The van der Waals surface area contributed by atoms with Crippen LogP contribution in [0, 0.1) is 5.92 Å². The molecule has 0 spiro atoms. The second-order valence-electron chi connectivity index (χ2n) is 6.32. The van der Waals surface area contributed by atoms with Crippen molar-refractivity contribution in [2.75, 3.05) is 19.6 Å². The number of nitrogens with zero attached hydrogens (tertiary/aromatic N) is 2. The fourth-order valence-electron chi connectivity index (χ4n) is 3.23. The molecule has 1 fully saturated rings. The molecule has 2 aromatic rings. The Morgan fingerprint density at radius 1 is 1.25 bits per heavy atom. The number of rotatable bonds is 4. The number of piperidine rings is 1. The molecule has 3 rings (SSSR count). The predicted molar refractivity (Wildman–Crippen MR) is 86.1 cm³/mol. The molecular formula is C17H21F3N4. The van der Waals surface area contributed by atoms with Gasteiger partial charge in [-0.15, -0.1) is 0 Å². The lowest BCUT2D eigenvalue weighted by molar-refractivity contribution is -0.137. The molecule has 1 unspecified atom stereocenters. The van der Waals surface area contributed by atoms with E-state index in [1.54, 1.807) is 6.20 Å². The van der Waals surface area contributed by atoms with Crippen LogP contribution in [-0.4, -0.2) is 34.7 Å². The Balaban J connectivity index is 1.75. The maximum Gasteiger partial charge on any atom is 0.416 e. The van der Waals surface area contributed by atoms with E-state index in [0.29, 0.717) is 18.0 Å². The number of aromatic amines is 1. The van der Waals surface area contributed by atoms with E-state index in [9.17, 15) is 13.2 Å². The first-order valence-electron chi connectivity index (χ1n) is 8.09. The summed E-state index contributed by atoms with van der Waals surface area (Å²) in [5.41, 5.74) is 7.61. The summed E-state index contributed by atoms with van der Waals surface area (Å²) in [5.74, 6) is 0.514. The van der Waals surface area contributed by atoms with Crippen LogP contribution in [0.5, 0.6) is 0 Å². The minimum Gasteiger partial charge on any atom is -0.330 e. The van der Waals surface area contributed by atoms with Crippen LogP contribution in [0.4, 0.5) is 13.2 Å². The summed E-state index contributed by atoms with van der Waals surface area (Å²) in [6.45, 7) is 3.37. The summed E-state index contributed by atoms with van der Waals surface area (Å²) in [6.07, 6.45) is -0.293. The van der Waals surface area contributed by atoms with Crippen molar-refractivity contribution in [3.63, 3.8) is 0 Å². The van der Waals surface area contributed by atoms with Gasteiger partial charge in [-0.1, -0.05) is 12.1 Å². The summed E-state index contributed by atoms with van der Waals surface area (Å²) in [7, 11) is 0. The van der Waals surface area contributed by atoms with E-state index in [4.69, 9.17) is 5.73 Å². The van der Waals surface area contributed by atoms with Crippen molar-refractivity contribution in [3.8, 4) is 11.3 Å². The monoisotopic (exact) mass is 338 g/mol. The Morgan fingerprint density at radius 3 is 2.67 bits per heavy atom. The molecule has 4 nitrogen and oxygen atoms in total. The summed E-state index contributed by atoms with van der Waals surface area (Å²) in [4.78, 5) is 2.33. The van der Waals surface area contributed by atoms with Gasteiger partial charge in [0, 0.05) is 18.7 Å². The zero-order valence-electron chi connectivity index (χ0n) is 13.3. The van der Waals surface area contributed by atoms with Crippen LogP contribution >= 0.6 is 0 Å². The van der Waals surface area contributed by atoms with Crippen molar-refractivity contribution in [1.82, 2.24) is 15.1 Å². The number of nitrogens with two attached hydrogens (primary N) is 1. The lowest BCUT2D eigenvalue weighted by Crippen LogP contribution is -2.37. The molecule has 24 heavy (non-hydrogen) atoms. The van der Waals surface area contributed by atoms with Crippen LogP contribution in [0.2, 0.25) is 0 Å². The molecule has 0 saturated carbocycles. The van der Waals surface area contributed by atoms with E-state index < -0.39 is 11.7 Å². The second kappa shape index (κ2) is 6.94. The molecule has 7 heteroatoms. The van der Waals surface area contributed by atoms with E-state index in [2.05, 4.69) is 15.1 Å². The number of H-pyrrole nitrogens is 1. The summed E-state index contributed by atoms with van der Waals surface area (Å²) >= 11 is 0. The van der Waals surface area contributed by atoms with Crippen molar-refractivity contribution in [1.29, 1.82) is 0 Å². The largest absolute Gasteiger partial charge is 0.416 e. The Bertz CT molecular complexity index is 663. The van der Waals surface area contributed by atoms with Gasteiger partial charge in [-0.3, -0.25) is 10.00 Å². The van der Waals surface area contributed by atoms with Gasteiger partial charge in [0.1, 0.15) is 0 Å². The molecule has 130 valence electrons. The van der Waals surface area contributed by atoms with Crippen molar-refractivity contribution in [3.05, 3.63) is 41.6 Å². The third kappa shape index (κ3) is 3.79. The Kier molecular flexibility index (Phi) is 4.91. The number of likely N-dealkylation sites (tertiary alicyclic amines) is 1. The lowest BCUT2D eigenvalue weighted by Gasteiger charge is -2.32. The predicted octanol–water partition coefficient (Wildman–Crippen LogP) is 3.27. The molecule has 0 aliphatic carbocycles. The fraction of sp³-hybridized carbons (Fsp3) is 0.471. The number of benzene rings is 1. The maximum atomic E-state index is 12.7. The fourth-order valence-corrected chi connectivity index (χ4v) is 3.23. The van der Waals surface area contributed by atoms with E-state index in [-0.39, 0.29) is 0 Å². The minimum atomic E-state index is -4.32. The quantitative estimate of drug-likeness (QED) is 0.900. The van der Waals surface area contributed by atoms with Gasteiger partial charge in [-0.25, -0.2) is 0 Å². The van der Waals surface area contributed by atoms with Crippen LogP contribution in [-0.2, 0) is 12.7 Å². The smallest absolute Gasteiger partial charge is 0.330 e. The van der Waals surface area contributed by atoms with Gasteiger partial charge >= 0.3 is 6.18 Å². The highest BCUT2D eigenvalue weighted by Gasteiger charge is 2.30. The van der Waals surface area contributed by atoms with Gasteiger partial charge < -0.3 is 5.73 Å². The number of hydrogen-bond acceptors (Lipinski definition) is 3. The van der Waals surface area contributed by atoms with Gasteiger partial charge in [0.2, 0.25) is 0 Å². The molecule has 1 aliphatic rings. The van der Waals surface area contributed by atoms with E-state index in [0.717, 1.165) is 55.9 Å². The first-order valence-corrected chi connectivity index (χ1v) is 8.09. The van der Waals surface area contributed by atoms with Gasteiger partial charge in [0.25, 0.3) is 0 Å². The molecule has 1 aliphatic heterocycles. The summed E-state index contributed by atoms with van der Waals surface area (Å²) in [6, 6.07) is 5.17. The molecule has 1 saturated heterocycles. The molecule has 0 bridgehead atoms. The normalized spacial score (nSPS) is 19.6. The van der Waals surface area contributed by atoms with Crippen molar-refractivity contribution < 1.29 is 13.2 Å². The first kappa shape index (κ1) is 17.0. The maximum absolute atomic E-state index is 12.7. The van der Waals surface area contributed by atoms with Crippen molar-refractivity contribution in [2.45, 2.75) is 25.6 Å². The molecule has 0 radical (unpaired) electrons. The molecule has 2 heterocycles. The summed E-state index contributed by atoms with van der Waals surface area (Å²) in [5, 5.41) is 6.99. The Morgan fingerprint density at radius 2 is 2.00 bits per heavy atom. The Hall–Kier alpha value is -1.86. The van der Waals surface area contributed by atoms with Crippen LogP contribution < -0.4 is 5.73 Å². The van der Waals surface area contributed by atoms with E-state index in [1.165, 1.54) is 12.1 Å². The first-order chi connectivity index (χ1) is 11.5. The average Bonchev–Trinajstić information content (AvgIpc) is 3.02. The lowest BCUT2D eigenvalue weighted by atomic mass is 9.97. The van der Waals surface area contributed by atoms with Crippen LogP contribution in [0.1, 0.15) is 24.0 Å². The van der Waals surface area contributed by atoms with Crippen LogP contribution in [0.25, 0.3) is 11.3 Å². The Labute approximate surface area is 138 Å². The van der Waals surface area contributed by atoms with Gasteiger partial charge in [-0.2, -0.15) is 18.3 Å². The topological polar surface area (TPSA) is 57.9 Å². The van der Waals surface area contributed by atoms with E-state index >= 15 is 0 Å². The molecule has 1 atom stereocenters. The highest BCUT2D eigenvalue weighted by molar-refractivity contribution is 5.63. The number of alkyl halides is 3. The van der Waals surface area contributed by atoms with Crippen LogP contribution in [0.3, 0.4) is 0 Å². The number of nitrogens with one attached hydrogen (secondary N) is 1. The molecule has 0 amide bonds. The van der Waals surface area contributed by atoms with Gasteiger partial charge in [0.05, 0.1) is 17.5 Å². The third-order valence-corrected chi connectivity index (χ3v) is 4.55. The number of hydrogen-bond donors (Lipinski definition) is 2. The molecule has 3 N–H and O–H groups in total. The SMILES string of the molecule is NCC1CCCN(Cc2cn[nH]c2-c2ccc(C(F)(F)F)cc2)C1. The van der Waals surface area contributed by atoms with Crippen LogP contribution in [0.15, 0.2) is 30.5 Å². The zero-order valence-corrected chi connectivity index (χ0v) is 13.3. The van der Waals surface area contributed by atoms with E-state index in [1.807, 2.05) is 0 Å². The molecular weight excluding hydrogens is 317 g/mol. The standard InChI is InChI=1S/C17H21F3N4/c18-17(19,20)15-5-3-13(4-6-15)16-14(9-22-23-16)11-24-7-1-2-12(8-21)10-24/h3-6,9,12H,1-2,7-8,10-11,21H2,(H,22,23). The summed E-state index contributed by atoms with van der Waals surface area (Å²) < 4.78 is 38.1. The van der Waals surface area contributed by atoms with Gasteiger partial charge in [0.15, 0.2) is 0 Å². The number of halogens is 3. The average molecular weight is 338 g/mol. The molecule has 1 aromatic carbocycles. The highest BCUT2D eigenvalue weighted by Crippen LogP contribution is 2.31. The molecule has 1 aromatic heterocycles. The zero-order chi connectivity index (χ0) is 17.2.